The Morgan fingerprint density at radius 2 is 1.54 bits per heavy atom. The number of aromatic amines is 1. The molecule has 10 nitrogen and oxygen atoms in total. The average Bonchev–Trinajstić information content (AvgIpc) is 3.36. The second-order valence-corrected chi connectivity index (χ2v) is 11.3. The monoisotopic (exact) mass is 581 g/mol. The number of aliphatic carboxylic acids is 1. The Morgan fingerprint density at radius 3 is 2.20 bits per heavy atom. The van der Waals surface area contributed by atoms with Crippen molar-refractivity contribution >= 4 is 46.4 Å². The van der Waals surface area contributed by atoms with Crippen LogP contribution in [0.2, 0.25) is 0 Å². The van der Waals surface area contributed by atoms with Gasteiger partial charge in [0.1, 0.15) is 18.1 Å². The summed E-state index contributed by atoms with van der Waals surface area (Å²) in [6.45, 7) is 3.51. The van der Waals surface area contributed by atoms with E-state index in [2.05, 4.69) is 20.9 Å². The molecule has 2 aromatic carbocycles. The van der Waals surface area contributed by atoms with Gasteiger partial charge in [0.15, 0.2) is 0 Å². The summed E-state index contributed by atoms with van der Waals surface area (Å²) in [5, 5.41) is 18.6. The highest BCUT2D eigenvalue weighted by Crippen LogP contribution is 2.19. The van der Waals surface area contributed by atoms with Crippen LogP contribution in [0.3, 0.4) is 0 Å². The molecule has 4 atom stereocenters. The van der Waals surface area contributed by atoms with Gasteiger partial charge in [-0.3, -0.25) is 14.4 Å². The maximum atomic E-state index is 13.7. The van der Waals surface area contributed by atoms with Crippen molar-refractivity contribution in [3.8, 4) is 0 Å². The number of aromatic nitrogens is 1. The zero-order chi connectivity index (χ0) is 29.9. The SMILES string of the molecule is CSCCC(NC(=O)C(NC(=O)C(Cc1c[nH]c2ccccc12)NC(=O)C(N)Cc1ccccc1)C(C)C)C(=O)O. The number of carbonyl (C=O) groups excluding carboxylic acids is 3. The molecule has 0 saturated heterocycles. The predicted molar refractivity (Wildman–Crippen MR) is 161 cm³/mol. The van der Waals surface area contributed by atoms with E-state index in [1.54, 1.807) is 20.0 Å². The molecule has 3 rings (SSSR count). The van der Waals surface area contributed by atoms with E-state index < -0.39 is 47.9 Å². The molecule has 0 fully saturated rings. The smallest absolute Gasteiger partial charge is 0.326 e. The zero-order valence-corrected chi connectivity index (χ0v) is 24.4. The number of hydrogen-bond donors (Lipinski definition) is 6. The minimum atomic E-state index is -1.14. The van der Waals surface area contributed by atoms with Crippen LogP contribution >= 0.6 is 11.8 Å². The van der Waals surface area contributed by atoms with Gasteiger partial charge in [-0.2, -0.15) is 11.8 Å². The number of carbonyl (C=O) groups is 4. The number of carboxylic acids is 1. The quantitative estimate of drug-likeness (QED) is 0.160. The topological polar surface area (TPSA) is 166 Å². The van der Waals surface area contributed by atoms with Gasteiger partial charge in [-0.25, -0.2) is 4.79 Å². The largest absolute Gasteiger partial charge is 0.480 e. The van der Waals surface area contributed by atoms with E-state index in [0.717, 1.165) is 22.0 Å². The summed E-state index contributed by atoms with van der Waals surface area (Å²) in [6.07, 6.45) is 4.33. The van der Waals surface area contributed by atoms with Crippen molar-refractivity contribution in [2.45, 2.75) is 57.3 Å². The van der Waals surface area contributed by atoms with Crippen LogP contribution in [0.15, 0.2) is 60.8 Å². The fraction of sp³-hybridized carbons (Fsp3) is 0.400. The van der Waals surface area contributed by atoms with Crippen LogP contribution in [0.4, 0.5) is 0 Å². The molecule has 3 amide bonds. The first-order valence-corrected chi connectivity index (χ1v) is 15.0. The Balaban J connectivity index is 1.80. The summed E-state index contributed by atoms with van der Waals surface area (Å²) in [5.41, 5.74) is 8.80. The van der Waals surface area contributed by atoms with Crippen LogP contribution in [0.25, 0.3) is 10.9 Å². The molecule has 3 aromatic rings. The average molecular weight is 582 g/mol. The van der Waals surface area contributed by atoms with Crippen LogP contribution < -0.4 is 21.7 Å². The molecule has 220 valence electrons. The van der Waals surface area contributed by atoms with Crippen LogP contribution in [0.1, 0.15) is 31.4 Å². The van der Waals surface area contributed by atoms with E-state index in [9.17, 15) is 24.3 Å². The maximum absolute atomic E-state index is 13.7. The lowest BCUT2D eigenvalue weighted by atomic mass is 9.99. The molecule has 0 radical (unpaired) electrons. The number of carboxylic acid groups (broad SMARTS) is 1. The van der Waals surface area contributed by atoms with Crippen LogP contribution in [-0.2, 0) is 32.0 Å². The van der Waals surface area contributed by atoms with Crippen molar-refractivity contribution in [1.82, 2.24) is 20.9 Å². The number of thioether (sulfide) groups is 1. The molecule has 0 spiro atoms. The maximum Gasteiger partial charge on any atom is 0.326 e. The number of amides is 3. The van der Waals surface area contributed by atoms with Crippen molar-refractivity contribution in [3.05, 3.63) is 71.9 Å². The van der Waals surface area contributed by atoms with Gasteiger partial charge in [0.25, 0.3) is 0 Å². The van der Waals surface area contributed by atoms with Crippen molar-refractivity contribution < 1.29 is 24.3 Å². The molecule has 0 aliphatic rings. The molecule has 0 bridgehead atoms. The Labute approximate surface area is 244 Å². The third-order valence-corrected chi connectivity index (χ3v) is 7.48. The highest BCUT2D eigenvalue weighted by atomic mass is 32.2. The molecule has 7 N–H and O–H groups in total. The molecule has 1 aromatic heterocycles. The lowest BCUT2D eigenvalue weighted by Crippen LogP contribution is -2.59. The van der Waals surface area contributed by atoms with Gasteiger partial charge in [0.2, 0.25) is 17.7 Å². The molecule has 0 aliphatic carbocycles. The minimum Gasteiger partial charge on any atom is -0.480 e. The summed E-state index contributed by atoms with van der Waals surface area (Å²) in [7, 11) is 0. The van der Waals surface area contributed by atoms with E-state index in [1.807, 2.05) is 60.9 Å². The molecule has 11 heteroatoms. The van der Waals surface area contributed by atoms with Gasteiger partial charge < -0.3 is 31.8 Å². The Morgan fingerprint density at radius 1 is 0.878 bits per heavy atom. The second-order valence-electron chi connectivity index (χ2n) is 10.3. The number of fused-ring (bicyclic) bond motifs is 1. The van der Waals surface area contributed by atoms with Crippen LogP contribution in [-0.4, -0.2) is 70.0 Å². The summed E-state index contributed by atoms with van der Waals surface area (Å²) < 4.78 is 0. The van der Waals surface area contributed by atoms with E-state index in [1.165, 1.54) is 11.8 Å². The zero-order valence-electron chi connectivity index (χ0n) is 23.6. The molecule has 4 unspecified atom stereocenters. The van der Waals surface area contributed by atoms with E-state index in [4.69, 9.17) is 5.73 Å². The summed E-state index contributed by atoms with van der Waals surface area (Å²) in [5.74, 6) is -2.60. The van der Waals surface area contributed by atoms with Gasteiger partial charge >= 0.3 is 5.97 Å². The first-order valence-electron chi connectivity index (χ1n) is 13.6. The van der Waals surface area contributed by atoms with Crippen molar-refractivity contribution in [3.63, 3.8) is 0 Å². The normalized spacial score (nSPS) is 14.2. The third kappa shape index (κ3) is 9.09. The van der Waals surface area contributed by atoms with Crippen molar-refractivity contribution in [1.29, 1.82) is 0 Å². The van der Waals surface area contributed by atoms with Gasteiger partial charge in [0.05, 0.1) is 6.04 Å². The number of hydrogen-bond acceptors (Lipinski definition) is 6. The molecule has 0 saturated carbocycles. The van der Waals surface area contributed by atoms with Gasteiger partial charge in [-0.15, -0.1) is 0 Å². The molecule has 41 heavy (non-hydrogen) atoms. The van der Waals surface area contributed by atoms with Crippen molar-refractivity contribution in [2.24, 2.45) is 11.7 Å². The van der Waals surface area contributed by atoms with Gasteiger partial charge in [0, 0.05) is 23.5 Å². The summed E-state index contributed by atoms with van der Waals surface area (Å²) >= 11 is 1.48. The predicted octanol–water partition coefficient (Wildman–Crippen LogP) is 2.23. The fourth-order valence-electron chi connectivity index (χ4n) is 4.51. The Bertz CT molecular complexity index is 1330. The summed E-state index contributed by atoms with van der Waals surface area (Å²) in [4.78, 5) is 54.8. The molecular formula is C30H39N5O5S. The second kappa shape index (κ2) is 15.2. The Hall–Kier alpha value is -3.83. The number of nitrogens with one attached hydrogen (secondary N) is 4. The van der Waals surface area contributed by atoms with Gasteiger partial charge in [-0.05, 0) is 48.0 Å². The van der Waals surface area contributed by atoms with E-state index >= 15 is 0 Å². The Kier molecular flexibility index (Phi) is 11.8. The lowest BCUT2D eigenvalue weighted by Gasteiger charge is -2.27. The number of rotatable bonds is 15. The highest BCUT2D eigenvalue weighted by molar-refractivity contribution is 7.98. The van der Waals surface area contributed by atoms with Gasteiger partial charge in [-0.1, -0.05) is 62.4 Å². The molecule has 0 aliphatic heterocycles. The first-order chi connectivity index (χ1) is 19.6. The van der Waals surface area contributed by atoms with Crippen LogP contribution in [0, 0.1) is 5.92 Å². The number of nitrogens with two attached hydrogens (primary N) is 1. The first kappa shape index (κ1) is 31.7. The van der Waals surface area contributed by atoms with Crippen LogP contribution in [0.5, 0.6) is 0 Å². The standard InChI is InChI=1S/C30H39N5O5S/c1-18(2)26(29(38)33-24(30(39)40)13-14-41-3)35-28(37)25(16-20-17-32-23-12-8-7-11-21(20)23)34-27(36)22(31)15-19-9-5-4-6-10-19/h4-12,17-18,22,24-26,32H,13-16,31H2,1-3H3,(H,33,38)(H,34,36)(H,35,37)(H,39,40). The van der Waals surface area contributed by atoms with Crippen molar-refractivity contribution in [2.75, 3.05) is 12.0 Å². The highest BCUT2D eigenvalue weighted by Gasteiger charge is 2.32. The van der Waals surface area contributed by atoms with E-state index in [0.29, 0.717) is 5.75 Å². The number of para-hydroxylation sites is 1. The number of H-pyrrole nitrogens is 1. The summed E-state index contributed by atoms with van der Waals surface area (Å²) in [6, 6.07) is 12.9. The molecular weight excluding hydrogens is 542 g/mol. The lowest BCUT2D eigenvalue weighted by molar-refractivity contribution is -0.142. The molecule has 1 heterocycles. The fourth-order valence-corrected chi connectivity index (χ4v) is 4.98. The third-order valence-electron chi connectivity index (χ3n) is 6.84. The minimum absolute atomic E-state index is 0.150. The van der Waals surface area contributed by atoms with E-state index in [-0.39, 0.29) is 25.2 Å². The number of benzene rings is 2.